The van der Waals surface area contributed by atoms with Crippen LogP contribution >= 0.6 is 23.2 Å². The number of fused-ring (bicyclic) bond motifs is 3. The Morgan fingerprint density at radius 2 is 1.68 bits per heavy atom. The number of hydrogen-bond acceptors (Lipinski definition) is 3. The Balaban J connectivity index is 1.73. The van der Waals surface area contributed by atoms with Gasteiger partial charge in [-0.2, -0.15) is 0 Å². The fourth-order valence-electron chi connectivity index (χ4n) is 3.82. The molecule has 31 heavy (non-hydrogen) atoms. The number of aryl methyl sites for hydroxylation is 1. The zero-order chi connectivity index (χ0) is 21.8. The molecule has 0 radical (unpaired) electrons. The highest BCUT2D eigenvalue weighted by atomic mass is 35.5. The lowest BCUT2D eigenvalue weighted by Gasteiger charge is -2.14. The predicted molar refractivity (Wildman–Crippen MR) is 129 cm³/mol. The van der Waals surface area contributed by atoms with Gasteiger partial charge in [-0.15, -0.1) is 0 Å². The highest BCUT2D eigenvalue weighted by Gasteiger charge is 2.13. The Hall–Kier alpha value is -2.49. The lowest BCUT2D eigenvalue weighted by atomic mass is 10.0. The van der Waals surface area contributed by atoms with E-state index < -0.39 is 0 Å². The summed E-state index contributed by atoms with van der Waals surface area (Å²) in [7, 11) is 0. The first-order chi connectivity index (χ1) is 15.1. The summed E-state index contributed by atoms with van der Waals surface area (Å²) >= 11 is 12.3. The highest BCUT2D eigenvalue weighted by Crippen LogP contribution is 2.32. The van der Waals surface area contributed by atoms with Crippen LogP contribution < -0.4 is 10.4 Å². The van der Waals surface area contributed by atoms with Crippen molar-refractivity contribution in [1.82, 2.24) is 0 Å². The van der Waals surface area contributed by atoms with Gasteiger partial charge in [0, 0.05) is 27.1 Å². The third-order valence-electron chi connectivity index (χ3n) is 5.50. The van der Waals surface area contributed by atoms with Crippen LogP contribution in [0.2, 0.25) is 10.0 Å². The molecule has 3 nitrogen and oxygen atoms in total. The van der Waals surface area contributed by atoms with Crippen LogP contribution in [0.15, 0.2) is 63.8 Å². The molecule has 0 saturated heterocycles. The summed E-state index contributed by atoms with van der Waals surface area (Å²) in [5.74, 6) is 0.716. The van der Waals surface area contributed by atoms with Crippen molar-refractivity contribution in [3.8, 4) is 5.75 Å². The van der Waals surface area contributed by atoms with E-state index in [4.69, 9.17) is 32.4 Å². The maximum absolute atomic E-state index is 12.5. The number of rotatable bonds is 8. The second-order valence-corrected chi connectivity index (χ2v) is 8.57. The minimum Gasteiger partial charge on any atom is -0.488 e. The summed E-state index contributed by atoms with van der Waals surface area (Å²) in [6.07, 6.45) is 5.54. The third-order valence-corrected chi connectivity index (χ3v) is 6.09. The smallest absolute Gasteiger partial charge is 0.344 e. The van der Waals surface area contributed by atoms with E-state index in [0.717, 1.165) is 34.7 Å². The molecule has 0 saturated carbocycles. The molecule has 4 rings (SSSR count). The molecule has 1 heterocycles. The second kappa shape index (κ2) is 9.76. The van der Waals surface area contributed by atoms with Crippen LogP contribution in [0.3, 0.4) is 0 Å². The molecule has 0 spiro atoms. The summed E-state index contributed by atoms with van der Waals surface area (Å²) < 4.78 is 11.8. The average Bonchev–Trinajstić information content (AvgIpc) is 2.76. The number of halogens is 2. The van der Waals surface area contributed by atoms with Crippen molar-refractivity contribution in [3.63, 3.8) is 0 Å². The van der Waals surface area contributed by atoms with Crippen molar-refractivity contribution in [2.75, 3.05) is 0 Å². The number of ether oxygens (including phenoxy) is 1. The molecule has 0 unspecified atom stereocenters. The van der Waals surface area contributed by atoms with E-state index in [-0.39, 0.29) is 5.63 Å². The van der Waals surface area contributed by atoms with E-state index in [9.17, 15) is 4.79 Å². The Kier molecular flexibility index (Phi) is 6.84. The van der Waals surface area contributed by atoms with Crippen LogP contribution in [0.1, 0.15) is 43.7 Å². The normalized spacial score (nSPS) is 11.3. The molecule has 4 aromatic rings. The van der Waals surface area contributed by atoms with Crippen molar-refractivity contribution in [1.29, 1.82) is 0 Å². The maximum atomic E-state index is 12.5. The minimum absolute atomic E-state index is 0.307. The van der Waals surface area contributed by atoms with Crippen LogP contribution in [-0.4, -0.2) is 0 Å². The van der Waals surface area contributed by atoms with Gasteiger partial charge in [0.1, 0.15) is 17.9 Å². The van der Waals surface area contributed by atoms with Crippen LogP contribution in [-0.2, 0) is 13.0 Å². The fraction of sp³-hybridized carbons (Fsp3) is 0.269. The molecule has 0 aliphatic heterocycles. The van der Waals surface area contributed by atoms with Gasteiger partial charge in [-0.25, -0.2) is 4.79 Å². The Labute approximate surface area is 191 Å². The SMILES string of the molecule is CCCCCCc1cc2c(cc1OCc1ccc(Cl)cc1Cl)oc(=O)c1ccccc12. The van der Waals surface area contributed by atoms with Gasteiger partial charge in [-0.1, -0.05) is 73.7 Å². The van der Waals surface area contributed by atoms with Gasteiger partial charge in [0.25, 0.3) is 0 Å². The summed E-state index contributed by atoms with van der Waals surface area (Å²) in [6.45, 7) is 2.51. The van der Waals surface area contributed by atoms with E-state index in [1.165, 1.54) is 19.3 Å². The first-order valence-corrected chi connectivity index (χ1v) is 11.4. The molecular weight excluding hydrogens is 431 g/mol. The topological polar surface area (TPSA) is 39.4 Å². The molecule has 0 atom stereocenters. The number of unbranched alkanes of at least 4 members (excludes halogenated alkanes) is 3. The molecule has 0 fully saturated rings. The van der Waals surface area contributed by atoms with E-state index >= 15 is 0 Å². The summed E-state index contributed by atoms with van der Waals surface area (Å²) in [5.41, 5.74) is 2.14. The van der Waals surface area contributed by atoms with Gasteiger partial charge < -0.3 is 9.15 Å². The molecular formula is C26H24Cl2O3. The Bertz CT molecular complexity index is 1280. The molecule has 0 amide bonds. The van der Waals surface area contributed by atoms with Gasteiger partial charge in [0.05, 0.1) is 5.39 Å². The van der Waals surface area contributed by atoms with Crippen molar-refractivity contribution in [2.45, 2.75) is 45.6 Å². The van der Waals surface area contributed by atoms with Gasteiger partial charge in [0.15, 0.2) is 0 Å². The molecule has 0 aliphatic carbocycles. The lowest BCUT2D eigenvalue weighted by molar-refractivity contribution is 0.302. The summed E-state index contributed by atoms with van der Waals surface area (Å²) in [4.78, 5) is 12.5. The van der Waals surface area contributed by atoms with Gasteiger partial charge in [-0.05, 0) is 48.1 Å². The second-order valence-electron chi connectivity index (χ2n) is 7.73. The predicted octanol–water partition coefficient (Wildman–Crippen LogP) is 7.95. The lowest BCUT2D eigenvalue weighted by Crippen LogP contribution is -2.03. The van der Waals surface area contributed by atoms with E-state index in [2.05, 4.69) is 13.0 Å². The standard InChI is InChI=1S/C26H24Cl2O3/c1-2-3-4-5-8-17-13-22-20-9-6-7-10-21(20)26(29)31-25(22)15-24(17)30-16-18-11-12-19(27)14-23(18)28/h6-7,9-15H,2-5,8,16H2,1H3. The summed E-state index contributed by atoms with van der Waals surface area (Å²) in [6, 6.07) is 16.9. The van der Waals surface area contributed by atoms with Crippen molar-refractivity contribution < 1.29 is 9.15 Å². The first kappa shape index (κ1) is 21.7. The van der Waals surface area contributed by atoms with Crippen LogP contribution in [0, 0.1) is 0 Å². The summed E-state index contributed by atoms with van der Waals surface area (Å²) in [5, 5.41) is 3.57. The van der Waals surface area contributed by atoms with E-state index in [1.807, 2.05) is 30.3 Å². The van der Waals surface area contributed by atoms with Crippen molar-refractivity contribution >= 4 is 44.9 Å². The molecule has 0 N–H and O–H groups in total. The molecule has 3 aromatic carbocycles. The maximum Gasteiger partial charge on any atom is 0.344 e. The monoisotopic (exact) mass is 454 g/mol. The third kappa shape index (κ3) is 4.89. The van der Waals surface area contributed by atoms with Gasteiger partial charge in [-0.3, -0.25) is 0 Å². The number of benzene rings is 3. The van der Waals surface area contributed by atoms with Gasteiger partial charge >= 0.3 is 5.63 Å². The van der Waals surface area contributed by atoms with Crippen molar-refractivity contribution in [3.05, 3.63) is 86.2 Å². The molecule has 0 bridgehead atoms. The molecule has 0 aliphatic rings. The zero-order valence-corrected chi connectivity index (χ0v) is 18.9. The molecule has 160 valence electrons. The highest BCUT2D eigenvalue weighted by molar-refractivity contribution is 6.35. The quantitative estimate of drug-likeness (QED) is 0.154. The van der Waals surface area contributed by atoms with Crippen LogP contribution in [0.5, 0.6) is 5.75 Å². The van der Waals surface area contributed by atoms with E-state index in [0.29, 0.717) is 33.4 Å². The molecule has 5 heteroatoms. The number of hydrogen-bond donors (Lipinski definition) is 0. The van der Waals surface area contributed by atoms with E-state index in [1.54, 1.807) is 18.2 Å². The van der Waals surface area contributed by atoms with Gasteiger partial charge in [0.2, 0.25) is 0 Å². The largest absolute Gasteiger partial charge is 0.488 e. The Morgan fingerprint density at radius 3 is 2.45 bits per heavy atom. The average molecular weight is 455 g/mol. The Morgan fingerprint density at radius 1 is 0.871 bits per heavy atom. The first-order valence-electron chi connectivity index (χ1n) is 10.6. The van der Waals surface area contributed by atoms with Crippen LogP contribution in [0.4, 0.5) is 0 Å². The molecule has 1 aromatic heterocycles. The van der Waals surface area contributed by atoms with Crippen LogP contribution in [0.25, 0.3) is 21.7 Å². The fourth-order valence-corrected chi connectivity index (χ4v) is 4.28. The minimum atomic E-state index is -0.342. The van der Waals surface area contributed by atoms with Crippen molar-refractivity contribution in [2.24, 2.45) is 0 Å². The zero-order valence-electron chi connectivity index (χ0n) is 17.4.